The minimum absolute atomic E-state index is 0.659. The van der Waals surface area contributed by atoms with Crippen LogP contribution in [0.4, 0.5) is 0 Å². The fraction of sp³-hybridized carbons (Fsp3) is 0.571. The van der Waals surface area contributed by atoms with Gasteiger partial charge >= 0.3 is 0 Å². The van der Waals surface area contributed by atoms with Gasteiger partial charge in [-0.25, -0.2) is 0 Å². The Hall–Kier alpha value is -1.22. The predicted molar refractivity (Wildman–Crippen MR) is 66.0 cm³/mol. The summed E-state index contributed by atoms with van der Waals surface area (Å²) in [5, 5.41) is 0. The molecule has 0 aromatic heterocycles. The van der Waals surface area contributed by atoms with Crippen LogP contribution in [0.2, 0.25) is 0 Å². The van der Waals surface area contributed by atoms with Crippen LogP contribution in [0.1, 0.15) is 12.8 Å². The number of hydrogen-bond donors (Lipinski definition) is 0. The lowest BCUT2D eigenvalue weighted by atomic mass is 9.83. The molecule has 5 rings (SSSR count). The molecule has 3 saturated heterocycles. The first-order valence-electron chi connectivity index (χ1n) is 6.63. The van der Waals surface area contributed by atoms with E-state index in [4.69, 9.17) is 4.74 Å². The van der Waals surface area contributed by atoms with Crippen LogP contribution in [0.5, 0.6) is 0 Å². The molecule has 0 aromatic rings. The largest absolute Gasteiger partial charge is 0.487 e. The Balaban J connectivity index is 1.58. The monoisotopic (exact) mass is 230 g/mol. The topological polar surface area (TPSA) is 15.7 Å². The Kier molecular flexibility index (Phi) is 2.09. The molecule has 0 unspecified atom stereocenters. The highest BCUT2D eigenvalue weighted by Gasteiger charge is 2.37. The molecule has 17 heavy (non-hydrogen) atoms. The second-order valence-electron chi connectivity index (χ2n) is 5.43. The first-order chi connectivity index (χ1) is 8.40. The van der Waals surface area contributed by atoms with Gasteiger partial charge in [-0.3, -0.25) is 0 Å². The van der Waals surface area contributed by atoms with Gasteiger partial charge in [0.1, 0.15) is 12.4 Å². The Labute approximate surface area is 102 Å². The van der Waals surface area contributed by atoms with Crippen LogP contribution in [0.15, 0.2) is 35.9 Å². The molecule has 1 atom stereocenters. The highest BCUT2D eigenvalue weighted by atomic mass is 16.5. The van der Waals surface area contributed by atoms with E-state index in [1.165, 1.54) is 38.0 Å². The molecule has 3 fully saturated rings. The fourth-order valence-electron chi connectivity index (χ4n) is 3.49. The van der Waals surface area contributed by atoms with Gasteiger partial charge in [0.05, 0.1) is 0 Å². The summed E-state index contributed by atoms with van der Waals surface area (Å²) in [5.74, 6) is 1.93. The average Bonchev–Trinajstić information content (AvgIpc) is 2.87. The minimum Gasteiger partial charge on any atom is -0.487 e. The van der Waals surface area contributed by atoms with Crippen LogP contribution in [0.25, 0.3) is 0 Å². The van der Waals surface area contributed by atoms with Gasteiger partial charge in [-0.05, 0) is 44.0 Å². The van der Waals surface area contributed by atoms with Crippen molar-refractivity contribution in [2.24, 2.45) is 5.92 Å². The molecule has 0 spiro atoms. The molecule has 0 radical (unpaired) electrons. The van der Waals surface area contributed by atoms with E-state index >= 15 is 0 Å². The van der Waals surface area contributed by atoms with Crippen molar-refractivity contribution in [2.45, 2.75) is 18.9 Å². The number of nitrogens with zero attached hydrogens (tertiary/aromatic N) is 2. The smallest absolute Gasteiger partial charge is 0.143 e. The van der Waals surface area contributed by atoms with E-state index < -0.39 is 0 Å². The van der Waals surface area contributed by atoms with Gasteiger partial charge in [0.25, 0.3) is 0 Å². The molecule has 5 aliphatic heterocycles. The molecule has 0 amide bonds. The zero-order valence-electron chi connectivity index (χ0n) is 10.0. The van der Waals surface area contributed by atoms with Crippen LogP contribution < -0.4 is 0 Å². The normalized spacial score (nSPS) is 38.6. The van der Waals surface area contributed by atoms with Gasteiger partial charge in [-0.2, -0.15) is 0 Å². The van der Waals surface area contributed by atoms with Crippen LogP contribution in [0, 0.1) is 5.92 Å². The third kappa shape index (κ3) is 1.53. The third-order valence-electron chi connectivity index (χ3n) is 4.52. The quantitative estimate of drug-likeness (QED) is 0.682. The number of piperidine rings is 3. The molecule has 3 nitrogen and oxygen atoms in total. The van der Waals surface area contributed by atoms with E-state index in [-0.39, 0.29) is 0 Å². The summed E-state index contributed by atoms with van der Waals surface area (Å²) in [7, 11) is 0. The number of ether oxygens (including phenoxy) is 1. The van der Waals surface area contributed by atoms with Crippen molar-refractivity contribution < 1.29 is 4.74 Å². The summed E-state index contributed by atoms with van der Waals surface area (Å²) in [6.07, 6.45) is 11.5. The summed E-state index contributed by atoms with van der Waals surface area (Å²) >= 11 is 0. The van der Waals surface area contributed by atoms with Crippen molar-refractivity contribution in [2.75, 3.05) is 26.2 Å². The van der Waals surface area contributed by atoms with Gasteiger partial charge in [0.2, 0.25) is 0 Å². The summed E-state index contributed by atoms with van der Waals surface area (Å²) in [6, 6.07) is 0.659. The van der Waals surface area contributed by atoms with Crippen molar-refractivity contribution in [1.29, 1.82) is 0 Å². The summed E-state index contributed by atoms with van der Waals surface area (Å²) < 4.78 is 5.62. The lowest BCUT2D eigenvalue weighted by Gasteiger charge is -2.48. The van der Waals surface area contributed by atoms with Gasteiger partial charge in [-0.15, -0.1) is 0 Å². The molecule has 0 aliphatic carbocycles. The maximum Gasteiger partial charge on any atom is 0.143 e. The standard InChI is InChI=1S/C14H18N2O/c1-5-15-6-2-11(1)13(9-15)16-7-3-12-4-8-17-14(12)10-16/h3-4,7,10-11,13H,1-2,5-6,8-9H2/t13-/m0/s1. The molecule has 2 bridgehead atoms. The second kappa shape index (κ2) is 3.64. The fourth-order valence-corrected chi connectivity index (χ4v) is 3.49. The average molecular weight is 230 g/mol. The van der Waals surface area contributed by atoms with Crippen LogP contribution in [-0.4, -0.2) is 42.1 Å². The number of fused-ring (bicyclic) bond motifs is 4. The van der Waals surface area contributed by atoms with Crippen LogP contribution in [-0.2, 0) is 4.74 Å². The van der Waals surface area contributed by atoms with Crippen molar-refractivity contribution in [3.63, 3.8) is 0 Å². The Morgan fingerprint density at radius 2 is 2.12 bits per heavy atom. The Morgan fingerprint density at radius 1 is 1.24 bits per heavy atom. The molecule has 0 saturated carbocycles. The molecule has 0 aromatic carbocycles. The Bertz CT molecular complexity index is 416. The van der Waals surface area contributed by atoms with Crippen molar-refractivity contribution in [1.82, 2.24) is 9.80 Å². The van der Waals surface area contributed by atoms with E-state index in [0.29, 0.717) is 6.04 Å². The minimum atomic E-state index is 0.659. The zero-order chi connectivity index (χ0) is 11.2. The van der Waals surface area contributed by atoms with E-state index in [1.807, 2.05) is 0 Å². The number of allylic oxidation sites excluding steroid dienone is 1. The van der Waals surface area contributed by atoms with Crippen molar-refractivity contribution >= 4 is 0 Å². The molecule has 0 N–H and O–H groups in total. The first-order valence-corrected chi connectivity index (χ1v) is 6.63. The van der Waals surface area contributed by atoms with Gasteiger partial charge < -0.3 is 14.5 Å². The predicted octanol–water partition coefficient (Wildman–Crippen LogP) is 1.71. The number of hydrogen-bond acceptors (Lipinski definition) is 3. The molecule has 5 heterocycles. The van der Waals surface area contributed by atoms with E-state index in [1.54, 1.807) is 0 Å². The third-order valence-corrected chi connectivity index (χ3v) is 4.52. The van der Waals surface area contributed by atoms with Crippen LogP contribution >= 0.6 is 0 Å². The van der Waals surface area contributed by atoms with E-state index in [0.717, 1.165) is 18.3 Å². The summed E-state index contributed by atoms with van der Waals surface area (Å²) in [6.45, 7) is 4.56. The molecular weight excluding hydrogens is 212 g/mol. The van der Waals surface area contributed by atoms with E-state index in [9.17, 15) is 0 Å². The molecule has 90 valence electrons. The van der Waals surface area contributed by atoms with Crippen LogP contribution in [0.3, 0.4) is 0 Å². The van der Waals surface area contributed by atoms with Gasteiger partial charge in [-0.1, -0.05) is 0 Å². The number of rotatable bonds is 1. The summed E-state index contributed by atoms with van der Waals surface area (Å²) in [4.78, 5) is 4.98. The van der Waals surface area contributed by atoms with Gasteiger partial charge in [0, 0.05) is 30.6 Å². The van der Waals surface area contributed by atoms with Crippen molar-refractivity contribution in [3.8, 4) is 0 Å². The van der Waals surface area contributed by atoms with Crippen molar-refractivity contribution in [3.05, 3.63) is 35.9 Å². The molecular formula is C14H18N2O. The lowest BCUT2D eigenvalue weighted by Crippen LogP contribution is -2.55. The van der Waals surface area contributed by atoms with E-state index in [2.05, 4.69) is 34.4 Å². The lowest BCUT2D eigenvalue weighted by molar-refractivity contribution is 0.0399. The maximum absolute atomic E-state index is 5.62. The highest BCUT2D eigenvalue weighted by Crippen LogP contribution is 2.34. The molecule has 5 aliphatic rings. The first kappa shape index (κ1) is 9.77. The highest BCUT2D eigenvalue weighted by molar-refractivity contribution is 5.41. The SMILES string of the molecule is C1=CN([C@H]2CN3CCC2CC3)C=C2OCC=C12. The Morgan fingerprint density at radius 3 is 2.88 bits per heavy atom. The zero-order valence-corrected chi connectivity index (χ0v) is 10.0. The van der Waals surface area contributed by atoms with Gasteiger partial charge in [0.15, 0.2) is 0 Å². The summed E-state index contributed by atoms with van der Waals surface area (Å²) in [5.41, 5.74) is 1.25. The maximum atomic E-state index is 5.62. The molecule has 3 heteroatoms. The second-order valence-corrected chi connectivity index (χ2v) is 5.43.